The van der Waals surface area contributed by atoms with Gasteiger partial charge in [-0.3, -0.25) is 0 Å². The molecule has 2 fully saturated rings. The Hall–Kier alpha value is -1.36. The molecule has 1 saturated heterocycles. The number of hydrogen-bond acceptors (Lipinski definition) is 5. The van der Waals surface area contributed by atoms with Crippen molar-refractivity contribution in [1.29, 1.82) is 0 Å². The van der Waals surface area contributed by atoms with Gasteiger partial charge in [-0.05, 0) is 38.6 Å². The van der Waals surface area contributed by atoms with Crippen LogP contribution in [0.2, 0.25) is 0 Å². The van der Waals surface area contributed by atoms with Crippen molar-refractivity contribution in [1.82, 2.24) is 15.3 Å². The molecule has 0 bridgehead atoms. The Bertz CT molecular complexity index is 412. The molecule has 1 aliphatic heterocycles. The van der Waals surface area contributed by atoms with Gasteiger partial charge in [0.05, 0.1) is 0 Å². The van der Waals surface area contributed by atoms with Crippen molar-refractivity contribution in [3.63, 3.8) is 0 Å². The third-order valence-electron chi connectivity index (χ3n) is 3.95. The topological polar surface area (TPSA) is 53.1 Å². The van der Waals surface area contributed by atoms with Crippen LogP contribution in [0.4, 0.5) is 11.6 Å². The lowest BCUT2D eigenvalue weighted by molar-refractivity contribution is 0.558. The molecule has 0 amide bonds. The van der Waals surface area contributed by atoms with Gasteiger partial charge in [-0.2, -0.15) is 0 Å². The first-order valence-electron chi connectivity index (χ1n) is 7.34. The van der Waals surface area contributed by atoms with E-state index in [2.05, 4.69) is 38.6 Å². The Morgan fingerprint density at radius 1 is 1.37 bits per heavy atom. The molecule has 3 rings (SSSR count). The predicted octanol–water partition coefficient (Wildman–Crippen LogP) is 1.63. The van der Waals surface area contributed by atoms with E-state index >= 15 is 0 Å². The highest BCUT2D eigenvalue weighted by molar-refractivity contribution is 5.48. The van der Waals surface area contributed by atoms with Gasteiger partial charge in [0.1, 0.15) is 18.0 Å². The molecular weight excluding hydrogens is 238 g/mol. The Kier molecular flexibility index (Phi) is 3.82. The van der Waals surface area contributed by atoms with E-state index in [0.29, 0.717) is 12.1 Å². The van der Waals surface area contributed by atoms with Crippen LogP contribution >= 0.6 is 0 Å². The minimum absolute atomic E-state index is 0.635. The van der Waals surface area contributed by atoms with Crippen molar-refractivity contribution in [3.05, 3.63) is 12.4 Å². The minimum Gasteiger partial charge on any atom is -0.367 e. The maximum Gasteiger partial charge on any atom is 0.133 e. The van der Waals surface area contributed by atoms with E-state index in [1.165, 1.54) is 38.6 Å². The molecule has 1 saturated carbocycles. The summed E-state index contributed by atoms with van der Waals surface area (Å²) in [5.74, 6) is 1.97. The maximum absolute atomic E-state index is 4.37. The summed E-state index contributed by atoms with van der Waals surface area (Å²) in [6.45, 7) is 2.22. The smallest absolute Gasteiger partial charge is 0.133 e. The number of anilines is 2. The second kappa shape index (κ2) is 5.74. The standard InChI is InChI=1S/C14H23N5/c1-19(8-6-11-3-2-7-15-11)14-9-13(16-10-17-14)18-12-4-5-12/h9-12,15H,2-8H2,1H3,(H,16,17,18). The molecule has 2 N–H and O–H groups in total. The van der Waals surface area contributed by atoms with E-state index in [-0.39, 0.29) is 0 Å². The van der Waals surface area contributed by atoms with E-state index in [9.17, 15) is 0 Å². The summed E-state index contributed by atoms with van der Waals surface area (Å²) in [6.07, 6.45) is 8.00. The summed E-state index contributed by atoms with van der Waals surface area (Å²) >= 11 is 0. The average Bonchev–Trinajstić information content (AvgIpc) is 3.08. The lowest BCUT2D eigenvalue weighted by atomic mass is 10.1. The highest BCUT2D eigenvalue weighted by atomic mass is 15.2. The highest BCUT2D eigenvalue weighted by Crippen LogP contribution is 2.24. The largest absolute Gasteiger partial charge is 0.367 e. The van der Waals surface area contributed by atoms with Gasteiger partial charge in [-0.1, -0.05) is 0 Å². The van der Waals surface area contributed by atoms with Crippen LogP contribution in [0.15, 0.2) is 12.4 Å². The highest BCUT2D eigenvalue weighted by Gasteiger charge is 2.21. The van der Waals surface area contributed by atoms with Crippen molar-refractivity contribution < 1.29 is 0 Å². The fourth-order valence-corrected chi connectivity index (χ4v) is 2.54. The molecule has 0 aromatic carbocycles. The molecule has 1 aliphatic carbocycles. The van der Waals surface area contributed by atoms with Crippen molar-refractivity contribution in [2.45, 2.75) is 44.2 Å². The van der Waals surface area contributed by atoms with Crippen LogP contribution in [0, 0.1) is 0 Å². The van der Waals surface area contributed by atoms with Crippen molar-refractivity contribution in [2.24, 2.45) is 0 Å². The molecule has 104 valence electrons. The molecule has 19 heavy (non-hydrogen) atoms. The van der Waals surface area contributed by atoms with Crippen molar-refractivity contribution in [2.75, 3.05) is 30.4 Å². The number of rotatable bonds is 6. The molecule has 2 aliphatic rings. The normalized spacial score (nSPS) is 22.5. The number of hydrogen-bond donors (Lipinski definition) is 2. The molecular formula is C14H23N5. The van der Waals surface area contributed by atoms with Crippen molar-refractivity contribution in [3.8, 4) is 0 Å². The van der Waals surface area contributed by atoms with Crippen LogP contribution in [0.1, 0.15) is 32.1 Å². The van der Waals surface area contributed by atoms with Crippen LogP contribution < -0.4 is 15.5 Å². The van der Waals surface area contributed by atoms with E-state index < -0.39 is 0 Å². The lowest BCUT2D eigenvalue weighted by Crippen LogP contribution is -2.28. The monoisotopic (exact) mass is 261 g/mol. The Morgan fingerprint density at radius 3 is 3.00 bits per heavy atom. The summed E-state index contributed by atoms with van der Waals surface area (Å²) < 4.78 is 0. The van der Waals surface area contributed by atoms with E-state index in [1.807, 2.05) is 0 Å². The van der Waals surface area contributed by atoms with E-state index in [1.54, 1.807) is 6.33 Å². The minimum atomic E-state index is 0.635. The Labute approximate surface area is 114 Å². The number of nitrogens with one attached hydrogen (secondary N) is 2. The van der Waals surface area contributed by atoms with Gasteiger partial charge < -0.3 is 15.5 Å². The molecule has 5 heteroatoms. The van der Waals surface area contributed by atoms with Gasteiger partial charge in [0, 0.05) is 31.7 Å². The van der Waals surface area contributed by atoms with Crippen LogP contribution in [-0.2, 0) is 0 Å². The molecule has 1 unspecified atom stereocenters. The molecule has 0 radical (unpaired) electrons. The van der Waals surface area contributed by atoms with E-state index in [4.69, 9.17) is 0 Å². The Morgan fingerprint density at radius 2 is 2.26 bits per heavy atom. The second-order valence-electron chi connectivity index (χ2n) is 5.68. The molecule has 1 atom stereocenters. The third kappa shape index (κ3) is 3.56. The second-order valence-corrected chi connectivity index (χ2v) is 5.68. The van der Waals surface area contributed by atoms with Gasteiger partial charge in [-0.25, -0.2) is 9.97 Å². The summed E-state index contributed by atoms with van der Waals surface area (Å²) in [7, 11) is 2.11. The van der Waals surface area contributed by atoms with Gasteiger partial charge in [-0.15, -0.1) is 0 Å². The van der Waals surface area contributed by atoms with Crippen LogP contribution in [0.5, 0.6) is 0 Å². The summed E-state index contributed by atoms with van der Waals surface area (Å²) in [5, 5.41) is 6.96. The quantitative estimate of drug-likeness (QED) is 0.815. The fraction of sp³-hybridized carbons (Fsp3) is 0.714. The third-order valence-corrected chi connectivity index (χ3v) is 3.95. The fourth-order valence-electron chi connectivity index (χ4n) is 2.54. The zero-order valence-corrected chi connectivity index (χ0v) is 11.6. The van der Waals surface area contributed by atoms with Crippen molar-refractivity contribution >= 4 is 11.6 Å². The van der Waals surface area contributed by atoms with Crippen LogP contribution in [0.25, 0.3) is 0 Å². The first-order valence-corrected chi connectivity index (χ1v) is 7.34. The Balaban J connectivity index is 1.53. The molecule has 2 heterocycles. The van der Waals surface area contributed by atoms with E-state index in [0.717, 1.165) is 18.2 Å². The molecule has 0 spiro atoms. The zero-order valence-electron chi connectivity index (χ0n) is 11.6. The van der Waals surface area contributed by atoms with Gasteiger partial charge in [0.25, 0.3) is 0 Å². The summed E-state index contributed by atoms with van der Waals surface area (Å²) in [4.78, 5) is 10.9. The molecule has 1 aromatic heterocycles. The van der Waals surface area contributed by atoms with Crippen LogP contribution in [-0.4, -0.2) is 42.2 Å². The van der Waals surface area contributed by atoms with Gasteiger partial charge in [0.2, 0.25) is 0 Å². The first-order chi connectivity index (χ1) is 9.31. The molecule has 5 nitrogen and oxygen atoms in total. The number of nitrogens with zero attached hydrogens (tertiary/aromatic N) is 3. The van der Waals surface area contributed by atoms with Gasteiger partial charge in [0.15, 0.2) is 0 Å². The maximum atomic E-state index is 4.37. The predicted molar refractivity (Wildman–Crippen MR) is 77.6 cm³/mol. The zero-order chi connectivity index (χ0) is 13.1. The van der Waals surface area contributed by atoms with Gasteiger partial charge >= 0.3 is 0 Å². The lowest BCUT2D eigenvalue weighted by Gasteiger charge is -2.20. The SMILES string of the molecule is CN(CCC1CCCN1)c1cc(NC2CC2)ncn1. The van der Waals surface area contributed by atoms with Crippen LogP contribution in [0.3, 0.4) is 0 Å². The molecule has 1 aromatic rings. The first kappa shape index (κ1) is 12.7. The average molecular weight is 261 g/mol. The summed E-state index contributed by atoms with van der Waals surface area (Å²) in [6, 6.07) is 3.38. The number of aromatic nitrogens is 2. The summed E-state index contributed by atoms with van der Waals surface area (Å²) in [5.41, 5.74) is 0.